The zero-order valence-electron chi connectivity index (χ0n) is 10.5. The van der Waals surface area contributed by atoms with Crippen molar-refractivity contribution in [3.63, 3.8) is 0 Å². The first kappa shape index (κ1) is 13.7. The molecule has 2 N–H and O–H groups in total. The molecule has 1 aromatic rings. The highest BCUT2D eigenvalue weighted by Crippen LogP contribution is 2.16. The summed E-state index contributed by atoms with van der Waals surface area (Å²) in [7, 11) is 0. The van der Waals surface area contributed by atoms with Crippen LogP contribution in [0.3, 0.4) is 0 Å². The number of pyridine rings is 1. The molecule has 0 radical (unpaired) electrons. The third kappa shape index (κ3) is 3.92. The predicted octanol–water partition coefficient (Wildman–Crippen LogP) is 1.28. The van der Waals surface area contributed by atoms with E-state index in [9.17, 15) is 0 Å². The van der Waals surface area contributed by atoms with Gasteiger partial charge in [0.2, 0.25) is 0 Å². The molecule has 0 saturated carbocycles. The average molecular weight is 270 g/mol. The first-order chi connectivity index (χ1) is 8.79. The van der Waals surface area contributed by atoms with Crippen molar-refractivity contribution in [2.45, 2.75) is 25.4 Å². The molecular weight excluding hydrogens is 250 g/mol. The van der Waals surface area contributed by atoms with Crippen LogP contribution in [0.25, 0.3) is 0 Å². The van der Waals surface area contributed by atoms with Gasteiger partial charge in [-0.05, 0) is 31.0 Å². The van der Waals surface area contributed by atoms with Crippen LogP contribution in [-0.2, 0) is 6.54 Å². The smallest absolute Gasteiger partial charge is 0.0634 e. The SMILES string of the molecule is OCCN(Cc1ccncc1Cl)CC1CCCN1. The fourth-order valence-corrected chi connectivity index (χ4v) is 2.55. The summed E-state index contributed by atoms with van der Waals surface area (Å²) >= 11 is 6.12. The highest BCUT2D eigenvalue weighted by atomic mass is 35.5. The van der Waals surface area contributed by atoms with Crippen LogP contribution >= 0.6 is 11.6 Å². The van der Waals surface area contributed by atoms with Crippen LogP contribution in [0.15, 0.2) is 18.5 Å². The number of aliphatic hydroxyl groups is 1. The van der Waals surface area contributed by atoms with Gasteiger partial charge in [-0.15, -0.1) is 0 Å². The molecule has 0 aliphatic carbocycles. The summed E-state index contributed by atoms with van der Waals surface area (Å²) in [6.45, 7) is 3.68. The minimum Gasteiger partial charge on any atom is -0.395 e. The third-order valence-corrected chi connectivity index (χ3v) is 3.65. The molecule has 100 valence electrons. The molecule has 1 saturated heterocycles. The molecule has 1 atom stereocenters. The van der Waals surface area contributed by atoms with Gasteiger partial charge in [0, 0.05) is 38.1 Å². The first-order valence-electron chi connectivity index (χ1n) is 6.44. The van der Waals surface area contributed by atoms with Crippen molar-refractivity contribution >= 4 is 11.6 Å². The van der Waals surface area contributed by atoms with Crippen molar-refractivity contribution < 1.29 is 5.11 Å². The standard InChI is InChI=1S/C13H20ClN3O/c14-13-8-15-5-3-11(13)9-17(6-7-18)10-12-2-1-4-16-12/h3,5,8,12,16,18H,1-2,4,6-7,9-10H2. The van der Waals surface area contributed by atoms with Crippen LogP contribution < -0.4 is 5.32 Å². The topological polar surface area (TPSA) is 48.4 Å². The second-order valence-corrected chi connectivity index (χ2v) is 5.13. The van der Waals surface area contributed by atoms with Crippen LogP contribution in [0.2, 0.25) is 5.02 Å². The van der Waals surface area contributed by atoms with Crippen LogP contribution in [-0.4, -0.2) is 47.3 Å². The number of rotatable bonds is 6. The quantitative estimate of drug-likeness (QED) is 0.817. The van der Waals surface area contributed by atoms with E-state index in [0.717, 1.165) is 25.2 Å². The molecule has 1 aliphatic rings. The summed E-state index contributed by atoms with van der Waals surface area (Å²) in [6, 6.07) is 2.48. The minimum atomic E-state index is 0.176. The van der Waals surface area contributed by atoms with Gasteiger partial charge in [0.1, 0.15) is 0 Å². The molecule has 0 amide bonds. The number of halogens is 1. The molecule has 5 heteroatoms. The molecule has 1 aliphatic heterocycles. The van der Waals surface area contributed by atoms with Crippen LogP contribution in [0.1, 0.15) is 18.4 Å². The molecule has 18 heavy (non-hydrogen) atoms. The first-order valence-corrected chi connectivity index (χ1v) is 6.82. The van der Waals surface area contributed by atoms with Crippen LogP contribution in [0.4, 0.5) is 0 Å². The summed E-state index contributed by atoms with van der Waals surface area (Å²) in [6.07, 6.45) is 5.88. The van der Waals surface area contributed by atoms with Crippen molar-refractivity contribution in [3.05, 3.63) is 29.0 Å². The molecule has 0 aromatic carbocycles. The van der Waals surface area contributed by atoms with Crippen molar-refractivity contribution in [1.82, 2.24) is 15.2 Å². The highest BCUT2D eigenvalue weighted by Gasteiger charge is 2.18. The number of aliphatic hydroxyl groups excluding tert-OH is 1. The van der Waals surface area contributed by atoms with Crippen molar-refractivity contribution in [3.8, 4) is 0 Å². The van der Waals surface area contributed by atoms with E-state index in [4.69, 9.17) is 16.7 Å². The Morgan fingerprint density at radius 2 is 2.44 bits per heavy atom. The van der Waals surface area contributed by atoms with Gasteiger partial charge in [0.25, 0.3) is 0 Å². The van der Waals surface area contributed by atoms with Gasteiger partial charge in [-0.3, -0.25) is 9.88 Å². The lowest BCUT2D eigenvalue weighted by Gasteiger charge is -2.25. The Bertz CT molecular complexity index is 369. The molecule has 0 spiro atoms. The largest absolute Gasteiger partial charge is 0.395 e. The Balaban J connectivity index is 1.94. The van der Waals surface area contributed by atoms with Gasteiger partial charge in [-0.1, -0.05) is 11.6 Å². The second kappa shape index (κ2) is 7.04. The normalized spacial score (nSPS) is 19.6. The fourth-order valence-electron chi connectivity index (χ4n) is 2.37. The lowest BCUT2D eigenvalue weighted by atomic mass is 10.2. The van der Waals surface area contributed by atoms with Gasteiger partial charge in [-0.25, -0.2) is 0 Å². The van der Waals surface area contributed by atoms with E-state index in [0.29, 0.717) is 17.6 Å². The molecule has 1 fully saturated rings. The number of nitrogens with zero attached hydrogens (tertiary/aromatic N) is 2. The van der Waals surface area contributed by atoms with E-state index in [2.05, 4.69) is 15.2 Å². The van der Waals surface area contributed by atoms with Gasteiger partial charge >= 0.3 is 0 Å². The number of hydrogen-bond donors (Lipinski definition) is 2. The summed E-state index contributed by atoms with van der Waals surface area (Å²) in [5.41, 5.74) is 1.07. The number of hydrogen-bond acceptors (Lipinski definition) is 4. The Hall–Kier alpha value is -0.680. The maximum atomic E-state index is 9.15. The van der Waals surface area contributed by atoms with E-state index >= 15 is 0 Å². The molecule has 1 aromatic heterocycles. The van der Waals surface area contributed by atoms with E-state index in [-0.39, 0.29) is 6.61 Å². The molecule has 2 rings (SSSR count). The van der Waals surface area contributed by atoms with Crippen molar-refractivity contribution in [2.75, 3.05) is 26.2 Å². The lowest BCUT2D eigenvalue weighted by molar-refractivity contribution is 0.179. The Morgan fingerprint density at radius 3 is 3.11 bits per heavy atom. The number of nitrogens with one attached hydrogen (secondary N) is 1. The summed E-state index contributed by atoms with van der Waals surface area (Å²) < 4.78 is 0. The maximum absolute atomic E-state index is 9.15. The second-order valence-electron chi connectivity index (χ2n) is 4.72. The van der Waals surface area contributed by atoms with E-state index < -0.39 is 0 Å². The molecular formula is C13H20ClN3O. The zero-order chi connectivity index (χ0) is 12.8. The summed E-state index contributed by atoms with van der Waals surface area (Å²) in [4.78, 5) is 6.23. The summed E-state index contributed by atoms with van der Waals surface area (Å²) in [5, 5.41) is 13.3. The van der Waals surface area contributed by atoms with Gasteiger partial charge < -0.3 is 10.4 Å². The predicted molar refractivity (Wildman–Crippen MR) is 72.6 cm³/mol. The third-order valence-electron chi connectivity index (χ3n) is 3.31. The van der Waals surface area contributed by atoms with Crippen molar-refractivity contribution in [1.29, 1.82) is 0 Å². The van der Waals surface area contributed by atoms with Gasteiger partial charge in [-0.2, -0.15) is 0 Å². The van der Waals surface area contributed by atoms with E-state index in [1.54, 1.807) is 12.4 Å². The maximum Gasteiger partial charge on any atom is 0.0634 e. The molecule has 4 nitrogen and oxygen atoms in total. The highest BCUT2D eigenvalue weighted by molar-refractivity contribution is 6.31. The Labute approximate surface area is 113 Å². The monoisotopic (exact) mass is 269 g/mol. The lowest BCUT2D eigenvalue weighted by Crippen LogP contribution is -2.38. The Kier molecular flexibility index (Phi) is 5.38. The molecule has 2 heterocycles. The van der Waals surface area contributed by atoms with Gasteiger partial charge in [0.15, 0.2) is 0 Å². The summed E-state index contributed by atoms with van der Waals surface area (Å²) in [5.74, 6) is 0. The average Bonchev–Trinajstić information content (AvgIpc) is 2.85. The number of aromatic nitrogens is 1. The fraction of sp³-hybridized carbons (Fsp3) is 0.615. The van der Waals surface area contributed by atoms with Crippen LogP contribution in [0, 0.1) is 0 Å². The van der Waals surface area contributed by atoms with E-state index in [1.807, 2.05) is 6.07 Å². The van der Waals surface area contributed by atoms with Gasteiger partial charge in [0.05, 0.1) is 11.6 Å². The molecule has 1 unspecified atom stereocenters. The zero-order valence-corrected chi connectivity index (χ0v) is 11.2. The Morgan fingerprint density at radius 1 is 1.56 bits per heavy atom. The van der Waals surface area contributed by atoms with Crippen LogP contribution in [0.5, 0.6) is 0 Å². The van der Waals surface area contributed by atoms with Crippen molar-refractivity contribution in [2.24, 2.45) is 0 Å². The van der Waals surface area contributed by atoms with E-state index in [1.165, 1.54) is 12.8 Å². The molecule has 0 bridgehead atoms. The minimum absolute atomic E-state index is 0.176.